The molecule has 1 aromatic heterocycles. The highest BCUT2D eigenvalue weighted by Gasteiger charge is 2.57. The molecule has 0 amide bonds. The first kappa shape index (κ1) is 30.5. The summed E-state index contributed by atoms with van der Waals surface area (Å²) in [6.45, 7) is 1.00. The normalized spacial score (nSPS) is 20.7. The Labute approximate surface area is 270 Å². The minimum Gasteiger partial charge on any atom is -0.406 e. The summed E-state index contributed by atoms with van der Waals surface area (Å²) in [5.41, 5.74) is 6.35. The maximum Gasteiger partial charge on any atom is 0.383 e. The van der Waals surface area contributed by atoms with Crippen molar-refractivity contribution in [2.24, 2.45) is 0 Å². The van der Waals surface area contributed by atoms with Crippen molar-refractivity contribution in [3.63, 3.8) is 0 Å². The van der Waals surface area contributed by atoms with Gasteiger partial charge in [-0.2, -0.15) is 13.0 Å². The van der Waals surface area contributed by atoms with Crippen LogP contribution in [-0.2, 0) is 27.7 Å². The van der Waals surface area contributed by atoms with Crippen molar-refractivity contribution in [2.75, 3.05) is 12.3 Å². The van der Waals surface area contributed by atoms with E-state index in [0.29, 0.717) is 49.0 Å². The summed E-state index contributed by atoms with van der Waals surface area (Å²) in [7, 11) is -4.08. The average Bonchev–Trinajstić information content (AvgIpc) is 3.74. The molecule has 1 fully saturated rings. The first-order chi connectivity index (χ1) is 22.2. The molecule has 3 unspecified atom stereocenters. The van der Waals surface area contributed by atoms with Crippen molar-refractivity contribution in [1.82, 2.24) is 4.48 Å². The van der Waals surface area contributed by atoms with Crippen LogP contribution in [0.25, 0.3) is 39.4 Å². The Morgan fingerprint density at radius 3 is 2.24 bits per heavy atom. The maximum absolute atomic E-state index is 12.9. The summed E-state index contributed by atoms with van der Waals surface area (Å²) >= 11 is -2.13. The number of hydrogen-bond acceptors (Lipinski definition) is 5. The minimum absolute atomic E-state index is 0.0915. The van der Waals surface area contributed by atoms with Gasteiger partial charge in [0.2, 0.25) is 22.0 Å². The van der Waals surface area contributed by atoms with E-state index < -0.39 is 26.6 Å². The van der Waals surface area contributed by atoms with Gasteiger partial charge in [0, 0.05) is 31.4 Å². The molecule has 9 nitrogen and oxygen atoms in total. The molecule has 0 radical (unpaired) electrons. The molecule has 1 spiro atoms. The first-order valence-corrected chi connectivity index (χ1v) is 18.1. The highest BCUT2D eigenvalue weighted by atomic mass is 32.2. The minimum atomic E-state index is -4.08. The second-order valence-electron chi connectivity index (χ2n) is 11.7. The van der Waals surface area contributed by atoms with Gasteiger partial charge in [-0.15, -0.1) is 0 Å². The topological polar surface area (TPSA) is 118 Å². The third-order valence-electron chi connectivity index (χ3n) is 8.91. The number of unbranched alkanes of at least 4 members (excludes halogenated alkanes) is 1. The number of rotatable bonds is 9. The lowest BCUT2D eigenvalue weighted by atomic mass is 10.0. The lowest BCUT2D eigenvalue weighted by molar-refractivity contribution is -0.678. The van der Waals surface area contributed by atoms with E-state index >= 15 is 0 Å². The van der Waals surface area contributed by atoms with Gasteiger partial charge in [-0.05, 0) is 40.8 Å². The van der Waals surface area contributed by atoms with Crippen molar-refractivity contribution in [3.05, 3.63) is 109 Å². The molecule has 0 bridgehead atoms. The number of aryl methyl sites for hydroxylation is 1. The zero-order valence-corrected chi connectivity index (χ0v) is 26.6. The molecule has 7 rings (SSSR count). The molecule has 0 saturated carbocycles. The van der Waals surface area contributed by atoms with Crippen LogP contribution >= 0.6 is 0 Å². The standard InChI is InChI=1S/C35H32N2O7S2/c38-45(39)35-14-9-20-37(35)30-23-28(26-12-5-2-6-13-26)16-18-32(30)44-34(37)24-33-36(19-7-8-21-46(40,41)42)29-22-27(15-17-31(29)43-33)25-10-3-1-4-11-25/h1-6,10-13,15-18,22-24,35H,7-9,14,19-21H2/p+2. The van der Waals surface area contributed by atoms with Gasteiger partial charge in [-0.3, -0.25) is 4.55 Å². The highest BCUT2D eigenvalue weighted by molar-refractivity contribution is 7.85. The molecular formula is C35H34N2O7S2+2. The van der Waals surface area contributed by atoms with Crippen LogP contribution in [-0.4, -0.2) is 39.4 Å². The van der Waals surface area contributed by atoms with E-state index in [1.54, 1.807) is 0 Å². The van der Waals surface area contributed by atoms with Crippen LogP contribution < -0.4 is 13.8 Å². The SMILES string of the molecule is O=S(O)C1CCC[N+]12C(=Cc1oc3ccc(-c4ccccc4)cc3[n+]1CCCCS(=O)(=O)O)Oc1ccc(-c3ccccc3)cc12. The fourth-order valence-corrected chi connectivity index (χ4v) is 8.32. The highest BCUT2D eigenvalue weighted by Crippen LogP contribution is 2.52. The van der Waals surface area contributed by atoms with Gasteiger partial charge in [0.25, 0.3) is 15.6 Å². The van der Waals surface area contributed by atoms with E-state index in [1.807, 2.05) is 102 Å². The molecule has 236 valence electrons. The van der Waals surface area contributed by atoms with E-state index in [-0.39, 0.29) is 16.7 Å². The van der Waals surface area contributed by atoms with Gasteiger partial charge in [-0.1, -0.05) is 72.8 Å². The molecule has 2 N–H and O–H groups in total. The fraction of sp³-hybridized carbons (Fsp3) is 0.229. The van der Waals surface area contributed by atoms with Crippen LogP contribution in [0.1, 0.15) is 31.6 Å². The number of nitrogens with zero attached hydrogens (tertiary/aromatic N) is 2. The third-order valence-corrected chi connectivity index (χ3v) is 10.8. The number of aromatic nitrogens is 1. The van der Waals surface area contributed by atoms with Crippen molar-refractivity contribution in [2.45, 2.75) is 37.6 Å². The van der Waals surface area contributed by atoms with Gasteiger partial charge in [0.05, 0.1) is 12.3 Å². The van der Waals surface area contributed by atoms with Gasteiger partial charge in [0.15, 0.2) is 24.1 Å². The largest absolute Gasteiger partial charge is 0.406 e. The molecule has 4 aromatic carbocycles. The molecule has 0 aliphatic carbocycles. The fourth-order valence-electron chi connectivity index (χ4n) is 6.75. The molecule has 2 aliphatic rings. The second-order valence-corrected chi connectivity index (χ2v) is 14.4. The molecule has 46 heavy (non-hydrogen) atoms. The summed E-state index contributed by atoms with van der Waals surface area (Å²) in [6, 6.07) is 31.9. The Balaban J connectivity index is 1.36. The van der Waals surface area contributed by atoms with Crippen molar-refractivity contribution in [1.29, 1.82) is 0 Å². The lowest BCUT2D eigenvalue weighted by Gasteiger charge is -2.31. The van der Waals surface area contributed by atoms with Crippen molar-refractivity contribution >= 4 is 44.1 Å². The first-order valence-electron chi connectivity index (χ1n) is 15.3. The zero-order chi connectivity index (χ0) is 31.9. The number of oxazole rings is 1. The van der Waals surface area contributed by atoms with Gasteiger partial charge >= 0.3 is 11.8 Å². The smallest absolute Gasteiger partial charge is 0.383 e. The van der Waals surface area contributed by atoms with Crippen LogP contribution in [0.5, 0.6) is 5.75 Å². The molecule has 3 heterocycles. The Hall–Kier alpha value is -4.13. The monoisotopic (exact) mass is 658 g/mol. The zero-order valence-electron chi connectivity index (χ0n) is 25.0. The molecule has 11 heteroatoms. The number of benzene rings is 4. The average molecular weight is 659 g/mol. The molecule has 2 aliphatic heterocycles. The number of fused-ring (bicyclic) bond motifs is 3. The van der Waals surface area contributed by atoms with Crippen LogP contribution in [0, 0.1) is 0 Å². The Kier molecular flexibility index (Phi) is 8.12. The number of ether oxygens (including phenoxy) is 1. The van der Waals surface area contributed by atoms with Gasteiger partial charge in [0.1, 0.15) is 0 Å². The second kappa shape index (κ2) is 12.2. The lowest BCUT2D eigenvalue weighted by Crippen LogP contribution is -2.52. The van der Waals surface area contributed by atoms with E-state index in [1.165, 1.54) is 0 Å². The van der Waals surface area contributed by atoms with Gasteiger partial charge < -0.3 is 13.7 Å². The van der Waals surface area contributed by atoms with Crippen LogP contribution in [0.4, 0.5) is 5.69 Å². The number of quaternary nitrogens is 1. The van der Waals surface area contributed by atoms with E-state index in [0.717, 1.165) is 39.9 Å². The van der Waals surface area contributed by atoms with Crippen LogP contribution in [0.2, 0.25) is 0 Å². The molecule has 5 aromatic rings. The predicted molar refractivity (Wildman–Crippen MR) is 178 cm³/mol. The van der Waals surface area contributed by atoms with Crippen molar-refractivity contribution < 1.29 is 35.5 Å². The summed E-state index contributed by atoms with van der Waals surface area (Å²) in [6.07, 6.45) is 3.84. The Morgan fingerprint density at radius 1 is 0.891 bits per heavy atom. The summed E-state index contributed by atoms with van der Waals surface area (Å²) in [5.74, 6) is 1.27. The summed E-state index contributed by atoms with van der Waals surface area (Å²) in [5, 5.41) is -0.629. The van der Waals surface area contributed by atoms with E-state index in [2.05, 4.69) is 6.07 Å². The van der Waals surface area contributed by atoms with Crippen molar-refractivity contribution in [3.8, 4) is 28.0 Å². The van der Waals surface area contributed by atoms with Gasteiger partial charge in [-0.25, -0.2) is 8.69 Å². The van der Waals surface area contributed by atoms with Crippen LogP contribution in [0.15, 0.2) is 107 Å². The number of hydrogen-bond donors (Lipinski definition) is 2. The third kappa shape index (κ3) is 5.69. The molecule has 3 atom stereocenters. The molecule has 1 saturated heterocycles. The predicted octanol–water partition coefficient (Wildman–Crippen LogP) is 6.76. The Morgan fingerprint density at radius 2 is 1.57 bits per heavy atom. The summed E-state index contributed by atoms with van der Waals surface area (Å²) in [4.78, 5) is 0. The Bertz CT molecular complexity index is 2080. The maximum atomic E-state index is 12.9. The molecular weight excluding hydrogens is 625 g/mol. The van der Waals surface area contributed by atoms with E-state index in [4.69, 9.17) is 9.15 Å². The quantitative estimate of drug-likeness (QED) is 0.0591. The van der Waals surface area contributed by atoms with E-state index in [9.17, 15) is 21.7 Å². The van der Waals surface area contributed by atoms with Crippen LogP contribution in [0.3, 0.4) is 0 Å². The summed E-state index contributed by atoms with van der Waals surface area (Å²) < 4.78 is 70.6.